The molecule has 0 N–H and O–H groups in total. The molecule has 1 fully saturated rings. The predicted octanol–water partition coefficient (Wildman–Crippen LogP) is 8.34. The zero-order valence-corrected chi connectivity index (χ0v) is 20.0. The second kappa shape index (κ2) is 11.8. The van der Waals surface area contributed by atoms with Crippen LogP contribution < -0.4 is 0 Å². The van der Waals surface area contributed by atoms with E-state index in [9.17, 15) is 8.78 Å². The molecule has 0 amide bonds. The maximum Gasteiger partial charge on any atom is 0.131 e. The second-order valence-corrected chi connectivity index (χ2v) is 12.8. The lowest BCUT2D eigenvalue weighted by Gasteiger charge is -2.27. The lowest BCUT2D eigenvalue weighted by molar-refractivity contribution is 0.416. The molecule has 0 saturated carbocycles. The molecule has 1 aliphatic rings. The number of rotatable bonds is 10. The van der Waals surface area contributed by atoms with Gasteiger partial charge in [-0.1, -0.05) is 101 Å². The van der Waals surface area contributed by atoms with Gasteiger partial charge >= 0.3 is 0 Å². The fraction of sp³-hybridized carbons (Fsp3) is 0.556. The average Bonchev–Trinajstić information content (AvgIpc) is 2.74. The van der Waals surface area contributed by atoms with Crippen molar-refractivity contribution in [2.45, 2.75) is 89.8 Å². The third kappa shape index (κ3) is 6.51. The van der Waals surface area contributed by atoms with Crippen molar-refractivity contribution in [3.63, 3.8) is 0 Å². The van der Waals surface area contributed by atoms with Gasteiger partial charge in [0.05, 0.1) is 0 Å². The predicted molar refractivity (Wildman–Crippen MR) is 128 cm³/mol. The summed E-state index contributed by atoms with van der Waals surface area (Å²) in [6, 6.07) is 14.8. The van der Waals surface area contributed by atoms with Gasteiger partial charge < -0.3 is 0 Å². The number of unbranched alkanes of at least 4 members (excludes halogenated alkanes) is 2. The molecular weight excluding hydrogens is 390 g/mol. The van der Waals surface area contributed by atoms with E-state index >= 15 is 0 Å². The Labute approximate surface area is 183 Å². The van der Waals surface area contributed by atoms with E-state index in [4.69, 9.17) is 0 Å². The van der Waals surface area contributed by atoms with Crippen LogP contribution in [0.15, 0.2) is 36.4 Å². The fourth-order valence-electron chi connectivity index (χ4n) is 5.02. The molecule has 1 saturated heterocycles. The topological polar surface area (TPSA) is 0 Å². The van der Waals surface area contributed by atoms with Crippen molar-refractivity contribution in [1.29, 1.82) is 0 Å². The molecule has 0 atom stereocenters. The molecule has 2 aromatic carbocycles. The number of halogens is 2. The highest BCUT2D eigenvalue weighted by molar-refractivity contribution is 6.59. The smallest absolute Gasteiger partial charge is 0.131 e. The molecular formula is C27H38F2Si. The Hall–Kier alpha value is -1.48. The minimum absolute atomic E-state index is 0.295. The van der Waals surface area contributed by atoms with Crippen molar-refractivity contribution in [3.8, 4) is 11.1 Å². The monoisotopic (exact) mass is 428 g/mol. The summed E-state index contributed by atoms with van der Waals surface area (Å²) in [7, 11) is -0.666. The quantitative estimate of drug-likeness (QED) is 0.263. The van der Waals surface area contributed by atoms with Crippen LogP contribution in [0.25, 0.3) is 11.1 Å². The Morgan fingerprint density at radius 2 is 1.40 bits per heavy atom. The van der Waals surface area contributed by atoms with Crippen molar-refractivity contribution in [2.24, 2.45) is 5.92 Å². The largest absolute Gasteiger partial charge is 0.206 e. The fourth-order valence-corrected chi connectivity index (χ4v) is 8.51. The zero-order chi connectivity index (χ0) is 21.3. The summed E-state index contributed by atoms with van der Waals surface area (Å²) in [6.45, 7) is 4.35. The van der Waals surface area contributed by atoms with Crippen molar-refractivity contribution < 1.29 is 8.78 Å². The van der Waals surface area contributed by atoms with Gasteiger partial charge in [-0.25, -0.2) is 8.78 Å². The molecule has 0 unspecified atom stereocenters. The second-order valence-electron chi connectivity index (χ2n) is 9.30. The van der Waals surface area contributed by atoms with Gasteiger partial charge in [-0.3, -0.25) is 0 Å². The lowest BCUT2D eigenvalue weighted by atomic mass is 9.96. The molecule has 0 radical (unpaired) electrons. The molecule has 1 heterocycles. The van der Waals surface area contributed by atoms with Crippen LogP contribution in [-0.4, -0.2) is 8.80 Å². The third-order valence-corrected chi connectivity index (χ3v) is 10.3. The minimum Gasteiger partial charge on any atom is -0.206 e. The first-order chi connectivity index (χ1) is 14.6. The van der Waals surface area contributed by atoms with E-state index in [-0.39, 0.29) is 11.6 Å². The van der Waals surface area contributed by atoms with E-state index in [0.29, 0.717) is 11.1 Å². The summed E-state index contributed by atoms with van der Waals surface area (Å²) in [6.07, 6.45) is 11.2. The highest BCUT2D eigenvalue weighted by Gasteiger charge is 2.22. The van der Waals surface area contributed by atoms with Crippen molar-refractivity contribution >= 4 is 8.80 Å². The van der Waals surface area contributed by atoms with Crippen LogP contribution >= 0.6 is 0 Å². The van der Waals surface area contributed by atoms with Gasteiger partial charge in [0, 0.05) is 19.9 Å². The van der Waals surface area contributed by atoms with Gasteiger partial charge in [-0.05, 0) is 42.0 Å². The lowest BCUT2D eigenvalue weighted by Crippen LogP contribution is -2.21. The van der Waals surface area contributed by atoms with E-state index < -0.39 is 8.80 Å². The van der Waals surface area contributed by atoms with E-state index in [0.717, 1.165) is 36.3 Å². The molecule has 30 heavy (non-hydrogen) atoms. The number of benzene rings is 2. The van der Waals surface area contributed by atoms with Crippen LogP contribution in [0, 0.1) is 17.6 Å². The Morgan fingerprint density at radius 3 is 1.93 bits per heavy atom. The van der Waals surface area contributed by atoms with Crippen LogP contribution in [-0.2, 0) is 12.8 Å². The van der Waals surface area contributed by atoms with Crippen LogP contribution in [0.3, 0.4) is 0 Å². The molecule has 3 rings (SSSR count). The van der Waals surface area contributed by atoms with Crippen molar-refractivity contribution in [2.75, 3.05) is 0 Å². The Bertz CT molecular complexity index is 793. The van der Waals surface area contributed by atoms with Crippen LogP contribution in [0.4, 0.5) is 8.78 Å². The third-order valence-electron chi connectivity index (χ3n) is 6.92. The molecule has 0 aliphatic carbocycles. The Kier molecular flexibility index (Phi) is 9.11. The van der Waals surface area contributed by atoms with Crippen LogP contribution in [0.1, 0.15) is 69.9 Å². The summed E-state index contributed by atoms with van der Waals surface area (Å²) in [5.74, 6) is 0.349. The van der Waals surface area contributed by atoms with Gasteiger partial charge in [-0.15, -0.1) is 0 Å². The van der Waals surface area contributed by atoms with Gasteiger partial charge in [0.25, 0.3) is 0 Å². The molecule has 3 heteroatoms. The Balaban J connectivity index is 1.53. The van der Waals surface area contributed by atoms with E-state index in [2.05, 4.69) is 13.8 Å². The zero-order valence-electron chi connectivity index (χ0n) is 18.9. The molecule has 0 aromatic heterocycles. The highest BCUT2D eigenvalue weighted by atomic mass is 28.3. The van der Waals surface area contributed by atoms with Gasteiger partial charge in [-0.2, -0.15) is 0 Å². The Morgan fingerprint density at radius 1 is 0.800 bits per heavy atom. The van der Waals surface area contributed by atoms with E-state index in [1.54, 1.807) is 24.3 Å². The van der Waals surface area contributed by atoms with Crippen molar-refractivity contribution in [3.05, 3.63) is 59.2 Å². The van der Waals surface area contributed by atoms with Gasteiger partial charge in [0.15, 0.2) is 0 Å². The van der Waals surface area contributed by atoms with Crippen LogP contribution in [0.5, 0.6) is 0 Å². The maximum absolute atomic E-state index is 14.8. The summed E-state index contributed by atoms with van der Waals surface area (Å²) < 4.78 is 29.3. The summed E-state index contributed by atoms with van der Waals surface area (Å²) in [4.78, 5) is 0. The highest BCUT2D eigenvalue weighted by Crippen LogP contribution is 2.32. The average molecular weight is 429 g/mol. The van der Waals surface area contributed by atoms with Crippen LogP contribution in [0.2, 0.25) is 18.1 Å². The molecule has 0 spiro atoms. The van der Waals surface area contributed by atoms with Crippen molar-refractivity contribution in [1.82, 2.24) is 0 Å². The first-order valence-electron chi connectivity index (χ1n) is 12.2. The first kappa shape index (κ1) is 23.2. The molecule has 164 valence electrons. The maximum atomic E-state index is 14.8. The SMILES string of the molecule is CCCCCC1CC[SiH](CCc2ccc(-c3ccc(CCC)cc3F)c(F)c2)CC1. The van der Waals surface area contributed by atoms with E-state index in [1.807, 2.05) is 12.1 Å². The number of aryl methyl sites for hydroxylation is 2. The molecule has 0 nitrogen and oxygen atoms in total. The molecule has 0 bridgehead atoms. The summed E-state index contributed by atoms with van der Waals surface area (Å²) >= 11 is 0. The van der Waals surface area contributed by atoms with E-state index in [1.165, 1.54) is 56.7 Å². The molecule has 1 aliphatic heterocycles. The summed E-state index contributed by atoms with van der Waals surface area (Å²) in [5, 5.41) is 0. The first-order valence-corrected chi connectivity index (χ1v) is 14.6. The normalized spacial score (nSPS) is 19.2. The number of hydrogen-bond acceptors (Lipinski definition) is 0. The number of hydrogen-bond donors (Lipinski definition) is 0. The summed E-state index contributed by atoms with van der Waals surface area (Å²) in [5.41, 5.74) is 2.79. The van der Waals surface area contributed by atoms with Gasteiger partial charge in [0.2, 0.25) is 0 Å². The van der Waals surface area contributed by atoms with Gasteiger partial charge in [0.1, 0.15) is 11.6 Å². The minimum atomic E-state index is -0.666. The molecule has 2 aromatic rings. The standard InChI is InChI=1S/C27H38F2Si/c1-3-5-6-8-21-13-16-30(17-14-21)18-15-23-10-12-25(27(29)20-23)24-11-9-22(7-4-2)19-26(24)28/h9-12,19-21,30H,3-8,13-18H2,1-2H3.